The van der Waals surface area contributed by atoms with Crippen LogP contribution >= 0.6 is 0 Å². The number of hydrogen-bond acceptors (Lipinski definition) is 7. The lowest BCUT2D eigenvalue weighted by molar-refractivity contribution is -0.132. The van der Waals surface area contributed by atoms with Crippen LogP contribution in [0.25, 0.3) is 5.76 Å². The zero-order valence-electron chi connectivity index (χ0n) is 20.8. The molecule has 1 N–H and O–H groups in total. The number of aliphatic hydroxyl groups excluding tert-OH is 1. The van der Waals surface area contributed by atoms with Crippen molar-refractivity contribution < 1.29 is 33.7 Å². The number of ketones is 1. The summed E-state index contributed by atoms with van der Waals surface area (Å²) in [5.41, 5.74) is 1.38. The van der Waals surface area contributed by atoms with Gasteiger partial charge in [-0.2, -0.15) is 0 Å². The average Bonchev–Trinajstić information content (AvgIpc) is 3.21. The third-order valence-electron chi connectivity index (χ3n) is 6.04. The van der Waals surface area contributed by atoms with Crippen LogP contribution in [-0.4, -0.2) is 43.6 Å². The van der Waals surface area contributed by atoms with Crippen molar-refractivity contribution in [2.75, 3.05) is 25.7 Å². The molecule has 3 aromatic rings. The predicted octanol–water partition coefficient (Wildman–Crippen LogP) is 4.90. The van der Waals surface area contributed by atoms with Crippen LogP contribution in [0.5, 0.6) is 11.5 Å². The molecule has 3 aromatic carbocycles. The summed E-state index contributed by atoms with van der Waals surface area (Å²) in [6.45, 7) is 2.20. The van der Waals surface area contributed by atoms with Crippen LogP contribution in [0, 0.1) is 0 Å². The van der Waals surface area contributed by atoms with Gasteiger partial charge in [0.2, 0.25) is 0 Å². The van der Waals surface area contributed by atoms with E-state index < -0.39 is 29.5 Å². The van der Waals surface area contributed by atoms with Gasteiger partial charge in [0.25, 0.3) is 11.7 Å². The molecular formula is C29H27NO7. The largest absolute Gasteiger partial charge is 0.506 e. The van der Waals surface area contributed by atoms with Gasteiger partial charge in [-0.15, -0.1) is 0 Å². The topological polar surface area (TPSA) is 102 Å². The lowest BCUT2D eigenvalue weighted by Crippen LogP contribution is -2.29. The van der Waals surface area contributed by atoms with E-state index in [1.54, 1.807) is 54.6 Å². The van der Waals surface area contributed by atoms with E-state index in [1.807, 2.05) is 13.0 Å². The molecule has 1 heterocycles. The molecule has 0 spiro atoms. The van der Waals surface area contributed by atoms with Crippen LogP contribution in [0.1, 0.15) is 40.9 Å². The van der Waals surface area contributed by atoms with Crippen LogP contribution in [0.3, 0.4) is 0 Å². The van der Waals surface area contributed by atoms with Gasteiger partial charge in [0.1, 0.15) is 22.8 Å². The lowest BCUT2D eigenvalue weighted by Gasteiger charge is -2.26. The van der Waals surface area contributed by atoms with E-state index in [4.69, 9.17) is 14.2 Å². The fourth-order valence-electron chi connectivity index (χ4n) is 4.31. The zero-order chi connectivity index (χ0) is 26.5. The molecule has 0 aliphatic carbocycles. The second-order valence-electron chi connectivity index (χ2n) is 8.30. The standard InChI is InChI=1S/C29H27NO7/c1-4-17-37-29(34)19-13-15-20(16-14-19)30-25(18-9-6-5-7-10-18)24(27(32)28(30)33)26(31)23-21(35-2)11-8-12-22(23)36-3/h5-16,25,31H,4,17H2,1-3H3/b26-24+. The molecule has 1 amide bonds. The molecule has 0 bridgehead atoms. The second-order valence-corrected chi connectivity index (χ2v) is 8.30. The maximum absolute atomic E-state index is 13.4. The number of ether oxygens (including phenoxy) is 3. The van der Waals surface area contributed by atoms with Gasteiger partial charge in [0, 0.05) is 5.69 Å². The first-order valence-corrected chi connectivity index (χ1v) is 11.8. The van der Waals surface area contributed by atoms with Crippen LogP contribution in [-0.2, 0) is 14.3 Å². The van der Waals surface area contributed by atoms with E-state index in [0.717, 1.165) is 0 Å². The highest BCUT2D eigenvalue weighted by molar-refractivity contribution is 6.51. The summed E-state index contributed by atoms with van der Waals surface area (Å²) in [6.07, 6.45) is 0.697. The lowest BCUT2D eigenvalue weighted by atomic mass is 9.94. The normalized spacial score (nSPS) is 16.5. The Labute approximate surface area is 214 Å². The number of carbonyl (C=O) groups is 3. The fraction of sp³-hybridized carbons (Fsp3) is 0.207. The Morgan fingerprint density at radius 1 is 0.892 bits per heavy atom. The van der Waals surface area contributed by atoms with Crippen molar-refractivity contribution in [2.45, 2.75) is 19.4 Å². The SMILES string of the molecule is CCCOC(=O)c1ccc(N2C(=O)C(=O)/C(=C(/O)c3c(OC)cccc3OC)C2c2ccccc2)cc1. The van der Waals surface area contributed by atoms with Crippen LogP contribution in [0.2, 0.25) is 0 Å². The Morgan fingerprint density at radius 2 is 1.51 bits per heavy atom. The van der Waals surface area contributed by atoms with E-state index in [0.29, 0.717) is 29.8 Å². The summed E-state index contributed by atoms with van der Waals surface area (Å²) >= 11 is 0. The van der Waals surface area contributed by atoms with E-state index in [9.17, 15) is 19.5 Å². The number of Topliss-reactive ketones (excluding diaryl/α,β-unsaturated/α-hetero) is 1. The second kappa shape index (κ2) is 11.0. The van der Waals surface area contributed by atoms with Crippen LogP contribution in [0.15, 0.2) is 78.4 Å². The van der Waals surface area contributed by atoms with Crippen LogP contribution in [0.4, 0.5) is 5.69 Å². The van der Waals surface area contributed by atoms with Gasteiger partial charge in [0.15, 0.2) is 0 Å². The van der Waals surface area contributed by atoms with Gasteiger partial charge in [-0.3, -0.25) is 14.5 Å². The van der Waals surface area contributed by atoms with E-state index >= 15 is 0 Å². The van der Waals surface area contributed by atoms with Crippen molar-refractivity contribution >= 4 is 29.1 Å². The van der Waals surface area contributed by atoms with Crippen molar-refractivity contribution in [3.63, 3.8) is 0 Å². The maximum Gasteiger partial charge on any atom is 0.338 e. The minimum Gasteiger partial charge on any atom is -0.506 e. The first kappa shape index (κ1) is 25.5. The fourth-order valence-corrected chi connectivity index (χ4v) is 4.31. The average molecular weight is 502 g/mol. The Balaban J connectivity index is 1.87. The Hall–Kier alpha value is -4.59. The minimum absolute atomic E-state index is 0.106. The van der Waals surface area contributed by atoms with Crippen molar-refractivity contribution in [1.29, 1.82) is 0 Å². The molecule has 1 atom stereocenters. The number of hydrogen-bond donors (Lipinski definition) is 1. The van der Waals surface area contributed by atoms with Gasteiger partial charge in [-0.05, 0) is 48.4 Å². The smallest absolute Gasteiger partial charge is 0.338 e. The van der Waals surface area contributed by atoms with E-state index in [2.05, 4.69) is 0 Å². The molecule has 37 heavy (non-hydrogen) atoms. The van der Waals surface area contributed by atoms with Crippen molar-refractivity contribution in [1.82, 2.24) is 0 Å². The molecule has 190 valence electrons. The molecule has 0 aromatic heterocycles. The summed E-state index contributed by atoms with van der Waals surface area (Å²) in [5.74, 6) is -1.99. The van der Waals surface area contributed by atoms with Gasteiger partial charge in [0.05, 0.1) is 38.0 Å². The highest BCUT2D eigenvalue weighted by Crippen LogP contribution is 2.45. The van der Waals surface area contributed by atoms with Crippen molar-refractivity contribution in [3.8, 4) is 11.5 Å². The number of aliphatic hydroxyl groups is 1. The van der Waals surface area contributed by atoms with E-state index in [-0.39, 0.29) is 22.6 Å². The summed E-state index contributed by atoms with van der Waals surface area (Å²) < 4.78 is 16.0. The van der Waals surface area contributed by atoms with Gasteiger partial charge >= 0.3 is 5.97 Å². The number of carbonyl (C=O) groups excluding carboxylic acids is 3. The molecular weight excluding hydrogens is 474 g/mol. The maximum atomic E-state index is 13.4. The Morgan fingerprint density at radius 3 is 2.08 bits per heavy atom. The van der Waals surface area contributed by atoms with E-state index in [1.165, 1.54) is 31.3 Å². The molecule has 1 aliphatic rings. The van der Waals surface area contributed by atoms with Gasteiger partial charge < -0.3 is 19.3 Å². The zero-order valence-corrected chi connectivity index (χ0v) is 20.8. The molecule has 1 unspecified atom stereocenters. The summed E-state index contributed by atoms with van der Waals surface area (Å²) in [5, 5.41) is 11.5. The number of amides is 1. The number of benzene rings is 3. The first-order chi connectivity index (χ1) is 17.9. The minimum atomic E-state index is -0.936. The number of methoxy groups -OCH3 is 2. The Bertz CT molecular complexity index is 1320. The molecule has 0 saturated carbocycles. The third-order valence-corrected chi connectivity index (χ3v) is 6.04. The predicted molar refractivity (Wildman–Crippen MR) is 138 cm³/mol. The van der Waals surface area contributed by atoms with Crippen molar-refractivity contribution in [3.05, 3.63) is 95.1 Å². The molecule has 1 saturated heterocycles. The summed E-state index contributed by atoms with van der Waals surface area (Å²) in [4.78, 5) is 40.3. The molecule has 4 rings (SSSR count). The van der Waals surface area contributed by atoms with Gasteiger partial charge in [-0.1, -0.05) is 43.3 Å². The van der Waals surface area contributed by atoms with Gasteiger partial charge in [-0.25, -0.2) is 4.79 Å². The van der Waals surface area contributed by atoms with Crippen molar-refractivity contribution in [2.24, 2.45) is 0 Å². The monoisotopic (exact) mass is 501 g/mol. The Kier molecular flexibility index (Phi) is 7.57. The molecule has 1 fully saturated rings. The highest BCUT2D eigenvalue weighted by Gasteiger charge is 2.47. The molecule has 8 nitrogen and oxygen atoms in total. The number of esters is 1. The summed E-state index contributed by atoms with van der Waals surface area (Å²) in [7, 11) is 2.87. The third kappa shape index (κ3) is 4.78. The summed E-state index contributed by atoms with van der Waals surface area (Å²) in [6, 6.07) is 19.2. The number of anilines is 1. The quantitative estimate of drug-likeness (QED) is 0.203. The molecule has 1 aliphatic heterocycles. The number of nitrogens with zero attached hydrogens (tertiary/aromatic N) is 1. The molecule has 8 heteroatoms. The highest BCUT2D eigenvalue weighted by atomic mass is 16.5. The number of rotatable bonds is 8. The molecule has 0 radical (unpaired) electrons. The van der Waals surface area contributed by atoms with Crippen LogP contribution < -0.4 is 14.4 Å². The first-order valence-electron chi connectivity index (χ1n) is 11.8.